The van der Waals surface area contributed by atoms with Crippen molar-refractivity contribution in [3.8, 4) is 11.5 Å². The van der Waals surface area contributed by atoms with Gasteiger partial charge >= 0.3 is 6.18 Å². The van der Waals surface area contributed by atoms with E-state index in [1.165, 1.54) is 30.5 Å². The topological polar surface area (TPSA) is 57.5 Å². The Morgan fingerprint density at radius 1 is 1.12 bits per heavy atom. The van der Waals surface area contributed by atoms with Crippen LogP contribution in [0.1, 0.15) is 32.0 Å². The summed E-state index contributed by atoms with van der Waals surface area (Å²) in [7, 11) is 0. The van der Waals surface area contributed by atoms with E-state index >= 15 is 0 Å². The Morgan fingerprint density at radius 2 is 1.76 bits per heavy atom. The largest absolute Gasteiger partial charge is 0.591 e. The van der Waals surface area contributed by atoms with Crippen LogP contribution in [0.25, 0.3) is 0 Å². The van der Waals surface area contributed by atoms with E-state index < -0.39 is 28.0 Å². The highest BCUT2D eigenvalue weighted by Gasteiger charge is 2.36. The van der Waals surface area contributed by atoms with Crippen molar-refractivity contribution in [2.45, 2.75) is 31.7 Å². The van der Waals surface area contributed by atoms with Crippen LogP contribution in [0.2, 0.25) is 0 Å². The quantitative estimate of drug-likeness (QED) is 0.575. The lowest BCUT2D eigenvalue weighted by molar-refractivity contribution is -0.142. The molecular formula is C17H17F3N2O2S. The van der Waals surface area contributed by atoms with E-state index in [0.717, 1.165) is 6.20 Å². The zero-order valence-corrected chi connectivity index (χ0v) is 14.7. The molecule has 2 rings (SSSR count). The van der Waals surface area contributed by atoms with Gasteiger partial charge in [-0.05, 0) is 62.7 Å². The Bertz CT molecular complexity index is 741. The molecule has 0 fully saturated rings. The number of ether oxygens (including phenoxy) is 1. The van der Waals surface area contributed by atoms with Crippen molar-refractivity contribution in [1.29, 1.82) is 0 Å². The van der Waals surface area contributed by atoms with Crippen molar-refractivity contribution in [3.63, 3.8) is 0 Å². The summed E-state index contributed by atoms with van der Waals surface area (Å²) in [6.07, 6.45) is -2.08. The second-order valence-corrected chi connectivity index (χ2v) is 8.05. The van der Waals surface area contributed by atoms with E-state index in [-0.39, 0.29) is 11.5 Å². The van der Waals surface area contributed by atoms with Crippen molar-refractivity contribution in [2.75, 3.05) is 0 Å². The molecule has 1 aromatic heterocycles. The molecule has 0 bridgehead atoms. The molecule has 2 aromatic rings. The summed E-state index contributed by atoms with van der Waals surface area (Å²) in [5.41, 5.74) is -0.423. The van der Waals surface area contributed by atoms with Crippen LogP contribution in [-0.4, -0.2) is 20.5 Å². The Hall–Kier alpha value is -2.06. The molecule has 0 radical (unpaired) electrons. The van der Waals surface area contributed by atoms with E-state index in [4.69, 9.17) is 4.74 Å². The number of pyridine rings is 1. The van der Waals surface area contributed by atoms with Crippen LogP contribution in [0.15, 0.2) is 47.0 Å². The SMILES string of the molecule is CC(C)(C)[S@@+]([O-])N=Cc1ccc(Oc2cccnc2C(F)(F)F)cc1. The minimum Gasteiger partial charge on any atom is -0.591 e. The number of hydrogen-bond donors (Lipinski definition) is 0. The first-order valence-electron chi connectivity index (χ1n) is 7.33. The molecule has 0 aliphatic carbocycles. The number of benzene rings is 1. The van der Waals surface area contributed by atoms with Crippen LogP contribution >= 0.6 is 0 Å². The molecule has 0 aliphatic rings. The van der Waals surface area contributed by atoms with Crippen LogP contribution in [0.5, 0.6) is 11.5 Å². The maximum Gasteiger partial charge on any atom is 0.437 e. The molecule has 8 heteroatoms. The van der Waals surface area contributed by atoms with Gasteiger partial charge in [0.15, 0.2) is 11.4 Å². The van der Waals surface area contributed by atoms with Gasteiger partial charge in [-0.1, -0.05) is 4.40 Å². The van der Waals surface area contributed by atoms with Crippen molar-refractivity contribution in [2.24, 2.45) is 4.40 Å². The summed E-state index contributed by atoms with van der Waals surface area (Å²) in [6, 6.07) is 8.82. The Balaban J connectivity index is 2.13. The third-order valence-electron chi connectivity index (χ3n) is 2.97. The smallest absolute Gasteiger partial charge is 0.437 e. The number of rotatable bonds is 4. The summed E-state index contributed by atoms with van der Waals surface area (Å²) < 4.78 is 59.3. The summed E-state index contributed by atoms with van der Waals surface area (Å²) in [5, 5.41) is 0. The Labute approximate surface area is 147 Å². The van der Waals surface area contributed by atoms with Gasteiger partial charge < -0.3 is 9.29 Å². The molecule has 1 atom stereocenters. The average molecular weight is 370 g/mol. The molecule has 1 aromatic carbocycles. The highest BCUT2D eigenvalue weighted by molar-refractivity contribution is 7.91. The highest BCUT2D eigenvalue weighted by Crippen LogP contribution is 2.36. The molecular weight excluding hydrogens is 353 g/mol. The molecule has 1 heterocycles. The van der Waals surface area contributed by atoms with Gasteiger partial charge in [0.05, 0.1) is 6.21 Å². The molecule has 134 valence electrons. The fourth-order valence-electron chi connectivity index (χ4n) is 1.70. The minimum atomic E-state index is -4.60. The minimum absolute atomic E-state index is 0.229. The Kier molecular flexibility index (Phi) is 5.74. The maximum absolute atomic E-state index is 12.9. The third kappa shape index (κ3) is 5.47. The van der Waals surface area contributed by atoms with E-state index in [1.807, 2.05) is 20.8 Å². The van der Waals surface area contributed by atoms with Gasteiger partial charge in [-0.3, -0.25) is 0 Å². The van der Waals surface area contributed by atoms with Gasteiger partial charge in [-0.2, -0.15) is 13.2 Å². The van der Waals surface area contributed by atoms with E-state index in [0.29, 0.717) is 5.56 Å². The number of alkyl halides is 3. The second-order valence-electron chi connectivity index (χ2n) is 6.12. The van der Waals surface area contributed by atoms with Crippen molar-refractivity contribution in [1.82, 2.24) is 4.98 Å². The van der Waals surface area contributed by atoms with Crippen molar-refractivity contribution < 1.29 is 22.5 Å². The van der Waals surface area contributed by atoms with Gasteiger partial charge in [-0.15, -0.1) is 0 Å². The molecule has 4 nitrogen and oxygen atoms in total. The molecule has 0 saturated carbocycles. The first kappa shape index (κ1) is 19.3. The number of halogens is 3. The van der Waals surface area contributed by atoms with Crippen molar-refractivity contribution >= 4 is 17.6 Å². The first-order valence-corrected chi connectivity index (χ1v) is 8.44. The van der Waals surface area contributed by atoms with Gasteiger partial charge in [0, 0.05) is 6.20 Å². The van der Waals surface area contributed by atoms with Crippen LogP contribution in [0.3, 0.4) is 0 Å². The molecule has 0 N–H and O–H groups in total. The summed E-state index contributed by atoms with van der Waals surface area (Å²) >= 11 is -1.38. The lowest BCUT2D eigenvalue weighted by Gasteiger charge is -2.17. The normalized spacial score (nSPS) is 13.9. The second kappa shape index (κ2) is 7.45. The first-order chi connectivity index (χ1) is 11.6. The Morgan fingerprint density at radius 3 is 2.32 bits per heavy atom. The van der Waals surface area contributed by atoms with E-state index in [9.17, 15) is 17.7 Å². The van der Waals surface area contributed by atoms with Crippen molar-refractivity contribution in [3.05, 3.63) is 53.9 Å². The zero-order chi connectivity index (χ0) is 18.7. The molecule has 0 unspecified atom stereocenters. The average Bonchev–Trinajstić information content (AvgIpc) is 2.52. The van der Waals surface area contributed by atoms with Crippen LogP contribution in [-0.2, 0) is 17.5 Å². The number of nitrogens with zero attached hydrogens (tertiary/aromatic N) is 2. The number of aromatic nitrogens is 1. The zero-order valence-electron chi connectivity index (χ0n) is 13.9. The van der Waals surface area contributed by atoms with Gasteiger partial charge in [0.1, 0.15) is 21.9 Å². The number of hydrogen-bond acceptors (Lipinski definition) is 4. The van der Waals surface area contributed by atoms with Gasteiger partial charge in [0.2, 0.25) is 0 Å². The highest BCUT2D eigenvalue weighted by atomic mass is 32.2. The summed E-state index contributed by atoms with van der Waals surface area (Å²) in [6.45, 7) is 5.43. The fraction of sp³-hybridized carbons (Fsp3) is 0.294. The van der Waals surface area contributed by atoms with E-state index in [1.54, 1.807) is 12.1 Å². The summed E-state index contributed by atoms with van der Waals surface area (Å²) in [4.78, 5) is 3.33. The van der Waals surface area contributed by atoms with Crippen LogP contribution in [0.4, 0.5) is 13.2 Å². The molecule has 0 spiro atoms. The molecule has 0 aliphatic heterocycles. The monoisotopic (exact) mass is 370 g/mol. The third-order valence-corrected chi connectivity index (χ3v) is 4.31. The molecule has 0 saturated heterocycles. The van der Waals surface area contributed by atoms with Crippen LogP contribution in [0, 0.1) is 0 Å². The van der Waals surface area contributed by atoms with Gasteiger partial charge in [0.25, 0.3) is 0 Å². The standard InChI is InChI=1S/C17H17F3N2O2S/c1-16(2,3)25(23)22-11-12-6-8-13(9-7-12)24-14-5-4-10-21-15(14)17(18,19)20/h4-11H,1-3H3/t25-/m1/s1. The fourth-order valence-corrected chi connectivity index (χ4v) is 2.24. The molecule has 25 heavy (non-hydrogen) atoms. The lowest BCUT2D eigenvalue weighted by Crippen LogP contribution is -2.25. The predicted molar refractivity (Wildman–Crippen MR) is 91.2 cm³/mol. The van der Waals surface area contributed by atoms with Gasteiger partial charge in [-0.25, -0.2) is 4.98 Å². The van der Waals surface area contributed by atoms with Crippen LogP contribution < -0.4 is 4.74 Å². The molecule has 0 amide bonds. The van der Waals surface area contributed by atoms with E-state index in [2.05, 4.69) is 9.38 Å². The lowest BCUT2D eigenvalue weighted by atomic mass is 10.2. The summed E-state index contributed by atoms with van der Waals surface area (Å²) in [5.74, 6) is -0.141. The predicted octanol–water partition coefficient (Wildman–Crippen LogP) is 4.77. The maximum atomic E-state index is 12.9.